The second-order valence-electron chi connectivity index (χ2n) is 13.7. The molecule has 0 bridgehead atoms. The molecule has 0 atom stereocenters. The van der Waals surface area contributed by atoms with Crippen LogP contribution in [0.1, 0.15) is 25.0 Å². The molecule has 1 aliphatic carbocycles. The molecule has 49 heavy (non-hydrogen) atoms. The van der Waals surface area contributed by atoms with Gasteiger partial charge in [0, 0.05) is 27.3 Å². The average Bonchev–Trinajstić information content (AvgIpc) is 3.65. The summed E-state index contributed by atoms with van der Waals surface area (Å²) in [4.78, 5) is 2.43. The van der Waals surface area contributed by atoms with Gasteiger partial charge in [0.25, 0.3) is 0 Å². The highest BCUT2D eigenvalue weighted by Crippen LogP contribution is 2.56. The third-order valence-electron chi connectivity index (χ3n) is 10.6. The minimum atomic E-state index is -0.215. The number of anilines is 3. The molecule has 232 valence electrons. The van der Waals surface area contributed by atoms with E-state index in [0.29, 0.717) is 0 Å². The Morgan fingerprint density at radius 3 is 2.02 bits per heavy atom. The van der Waals surface area contributed by atoms with Gasteiger partial charge < -0.3 is 9.32 Å². The smallest absolute Gasteiger partial charge is 0.159 e. The van der Waals surface area contributed by atoms with Crippen molar-refractivity contribution < 1.29 is 4.42 Å². The van der Waals surface area contributed by atoms with E-state index >= 15 is 0 Å². The van der Waals surface area contributed by atoms with Gasteiger partial charge >= 0.3 is 0 Å². The van der Waals surface area contributed by atoms with Crippen LogP contribution in [-0.2, 0) is 5.41 Å². The van der Waals surface area contributed by atoms with Gasteiger partial charge in [-0.15, -0.1) is 0 Å². The predicted molar refractivity (Wildman–Crippen MR) is 206 cm³/mol. The number of hydrogen-bond donors (Lipinski definition) is 0. The van der Waals surface area contributed by atoms with Gasteiger partial charge in [-0.1, -0.05) is 147 Å². The highest BCUT2D eigenvalue weighted by atomic mass is 16.3. The first kappa shape index (κ1) is 27.9. The topological polar surface area (TPSA) is 16.4 Å². The summed E-state index contributed by atoms with van der Waals surface area (Å²) in [6.07, 6.45) is 0. The fourth-order valence-electron chi connectivity index (χ4n) is 8.38. The lowest BCUT2D eigenvalue weighted by molar-refractivity contribution is 0.666. The molecule has 0 fully saturated rings. The first-order chi connectivity index (χ1) is 24.1. The largest absolute Gasteiger partial charge is 0.454 e. The molecule has 2 heteroatoms. The van der Waals surface area contributed by atoms with Crippen molar-refractivity contribution in [2.24, 2.45) is 0 Å². The van der Waals surface area contributed by atoms with Crippen molar-refractivity contribution in [2.75, 3.05) is 4.90 Å². The number of para-hydroxylation sites is 2. The van der Waals surface area contributed by atoms with Gasteiger partial charge in [-0.25, -0.2) is 0 Å². The summed E-state index contributed by atoms with van der Waals surface area (Å²) in [5, 5.41) is 7.31. The second-order valence-corrected chi connectivity index (χ2v) is 13.7. The predicted octanol–water partition coefficient (Wildman–Crippen LogP) is 13.3. The minimum Gasteiger partial charge on any atom is -0.454 e. The number of rotatable bonds is 4. The molecule has 0 unspecified atom stereocenters. The standard InChI is InChI=1S/C47H33NO/c1-47(2)40-29-42(35-20-8-9-22-37(35)44(40)39-27-26-31-16-6-7-19-34(31)45(39)47)48(33-18-12-17-32(28-33)30-14-4-3-5-15-30)41-24-13-23-38-36-21-10-11-25-43(36)49-46(38)41/h3-29H,1-2H3. The number of benzene rings is 8. The maximum absolute atomic E-state index is 6.73. The van der Waals surface area contributed by atoms with Gasteiger partial charge in [-0.3, -0.25) is 0 Å². The fraction of sp³-hybridized carbons (Fsp3) is 0.0638. The molecule has 9 aromatic rings. The van der Waals surface area contributed by atoms with Gasteiger partial charge in [-0.05, 0) is 79.9 Å². The van der Waals surface area contributed by atoms with Crippen molar-refractivity contribution in [2.45, 2.75) is 19.3 Å². The Bertz CT molecular complexity index is 2750. The van der Waals surface area contributed by atoms with Crippen LogP contribution in [0.2, 0.25) is 0 Å². The van der Waals surface area contributed by atoms with Crippen molar-refractivity contribution in [3.05, 3.63) is 175 Å². The second kappa shape index (κ2) is 10.4. The molecule has 0 saturated carbocycles. The zero-order valence-electron chi connectivity index (χ0n) is 27.4. The molecular formula is C47H33NO. The van der Waals surface area contributed by atoms with Crippen LogP contribution in [-0.4, -0.2) is 0 Å². The first-order valence-electron chi connectivity index (χ1n) is 17.0. The van der Waals surface area contributed by atoms with Crippen LogP contribution in [0.5, 0.6) is 0 Å². The highest BCUT2D eigenvalue weighted by Gasteiger charge is 2.39. The lowest BCUT2D eigenvalue weighted by atomic mass is 9.79. The molecule has 8 aromatic carbocycles. The molecule has 0 radical (unpaired) electrons. The third-order valence-corrected chi connectivity index (χ3v) is 10.6. The first-order valence-corrected chi connectivity index (χ1v) is 17.0. The van der Waals surface area contributed by atoms with Gasteiger partial charge in [0.1, 0.15) is 5.58 Å². The summed E-state index contributed by atoms with van der Waals surface area (Å²) >= 11 is 0. The van der Waals surface area contributed by atoms with E-state index in [9.17, 15) is 0 Å². The van der Waals surface area contributed by atoms with Crippen LogP contribution in [0, 0.1) is 0 Å². The highest BCUT2D eigenvalue weighted by molar-refractivity contribution is 6.15. The Kier molecular flexibility index (Phi) is 5.95. The Morgan fingerprint density at radius 1 is 0.490 bits per heavy atom. The van der Waals surface area contributed by atoms with E-state index < -0.39 is 0 Å². The van der Waals surface area contributed by atoms with Crippen molar-refractivity contribution in [1.82, 2.24) is 0 Å². The van der Waals surface area contributed by atoms with E-state index in [0.717, 1.165) is 39.0 Å². The maximum Gasteiger partial charge on any atom is 0.159 e. The monoisotopic (exact) mass is 627 g/mol. The zero-order chi connectivity index (χ0) is 32.7. The van der Waals surface area contributed by atoms with Crippen molar-refractivity contribution in [1.29, 1.82) is 0 Å². The van der Waals surface area contributed by atoms with E-state index in [-0.39, 0.29) is 5.41 Å². The number of furan rings is 1. The summed E-state index contributed by atoms with van der Waals surface area (Å²) in [6, 6.07) is 59.3. The Labute approximate surface area is 285 Å². The normalized spacial score (nSPS) is 13.3. The molecule has 0 spiro atoms. The molecule has 2 nitrogen and oxygen atoms in total. The Morgan fingerprint density at radius 2 is 1.16 bits per heavy atom. The number of fused-ring (bicyclic) bond motifs is 10. The van der Waals surface area contributed by atoms with E-state index in [1.54, 1.807) is 0 Å². The molecule has 0 aliphatic heterocycles. The zero-order valence-corrected chi connectivity index (χ0v) is 27.4. The third kappa shape index (κ3) is 4.07. The lowest BCUT2D eigenvalue weighted by Gasteiger charge is -2.30. The number of hydrogen-bond acceptors (Lipinski definition) is 2. The van der Waals surface area contributed by atoms with Crippen LogP contribution in [0.4, 0.5) is 17.1 Å². The van der Waals surface area contributed by atoms with Crippen molar-refractivity contribution in [3.63, 3.8) is 0 Å². The average molecular weight is 628 g/mol. The Hall–Kier alpha value is -6.12. The van der Waals surface area contributed by atoms with Crippen molar-refractivity contribution in [3.8, 4) is 22.3 Å². The van der Waals surface area contributed by atoms with E-state index in [4.69, 9.17) is 4.42 Å². The lowest BCUT2D eigenvalue weighted by Crippen LogP contribution is -2.17. The molecule has 0 saturated heterocycles. The van der Waals surface area contributed by atoms with Crippen LogP contribution in [0.25, 0.3) is 65.7 Å². The summed E-state index contributed by atoms with van der Waals surface area (Å²) in [7, 11) is 0. The van der Waals surface area contributed by atoms with Crippen LogP contribution >= 0.6 is 0 Å². The molecule has 0 amide bonds. The molecule has 0 N–H and O–H groups in total. The van der Waals surface area contributed by atoms with Crippen LogP contribution < -0.4 is 4.90 Å². The summed E-state index contributed by atoms with van der Waals surface area (Å²) in [5.74, 6) is 0. The van der Waals surface area contributed by atoms with Gasteiger partial charge in [0.05, 0.1) is 11.4 Å². The summed E-state index contributed by atoms with van der Waals surface area (Å²) in [6.45, 7) is 4.78. The molecule has 1 heterocycles. The van der Waals surface area contributed by atoms with Crippen LogP contribution in [0.3, 0.4) is 0 Å². The van der Waals surface area contributed by atoms with Crippen LogP contribution in [0.15, 0.2) is 168 Å². The Balaban J connectivity index is 1.30. The van der Waals surface area contributed by atoms with Gasteiger partial charge in [0.15, 0.2) is 5.58 Å². The fourth-order valence-corrected chi connectivity index (χ4v) is 8.38. The minimum absolute atomic E-state index is 0.215. The van der Waals surface area contributed by atoms with Crippen molar-refractivity contribution >= 4 is 60.5 Å². The maximum atomic E-state index is 6.73. The van der Waals surface area contributed by atoms with Gasteiger partial charge in [0.2, 0.25) is 0 Å². The van der Waals surface area contributed by atoms with Gasteiger partial charge in [-0.2, -0.15) is 0 Å². The molecular weight excluding hydrogens is 595 g/mol. The summed E-state index contributed by atoms with van der Waals surface area (Å²) < 4.78 is 6.73. The molecule has 1 aliphatic rings. The van der Waals surface area contributed by atoms with E-state index in [1.165, 1.54) is 54.9 Å². The van der Waals surface area contributed by atoms with E-state index in [2.05, 4.69) is 176 Å². The quantitative estimate of drug-likeness (QED) is 0.193. The van der Waals surface area contributed by atoms with E-state index in [1.807, 2.05) is 6.07 Å². The molecule has 1 aromatic heterocycles. The SMILES string of the molecule is CC1(C)c2cc(N(c3cccc(-c4ccccc4)c3)c3cccc4c3oc3ccccc34)c3ccccc3c2-c2ccc3ccccc3c21. The number of nitrogens with zero attached hydrogens (tertiary/aromatic N) is 1. The summed E-state index contributed by atoms with van der Waals surface area (Å²) in [5.41, 5.74) is 12.6. The molecule has 10 rings (SSSR count).